The number of fused-ring (bicyclic) bond motifs is 12. The molecule has 0 saturated carbocycles. The molecule has 0 aliphatic carbocycles. The topological polar surface area (TPSA) is 20.8 Å². The molecule has 0 aliphatic heterocycles. The lowest BCUT2D eigenvalue weighted by molar-refractivity contribution is 0.669. The van der Waals surface area contributed by atoms with E-state index >= 15 is 0 Å². The first kappa shape index (κ1) is 26.5. The molecule has 228 valence electrons. The maximum absolute atomic E-state index is 6.66. The summed E-state index contributed by atoms with van der Waals surface area (Å²) >= 11 is 0. The minimum absolute atomic E-state index is 0.898. The Morgan fingerprint density at radius 2 is 0.980 bits per heavy atom. The summed E-state index contributed by atoms with van der Waals surface area (Å²) in [5, 5.41) is 9.92. The zero-order chi connectivity index (χ0) is 32.1. The number of rotatable bonds is 4. The molecule has 11 rings (SSSR count). The van der Waals surface area contributed by atoms with E-state index in [1.165, 1.54) is 54.3 Å². The van der Waals surface area contributed by atoms with Crippen molar-refractivity contribution in [1.29, 1.82) is 0 Å². The average Bonchev–Trinajstić information content (AvgIpc) is 3.83. The van der Waals surface area contributed by atoms with Gasteiger partial charge in [-0.25, -0.2) is 0 Å². The summed E-state index contributed by atoms with van der Waals surface area (Å²) in [4.78, 5) is 2.29. The van der Waals surface area contributed by atoms with Crippen LogP contribution in [0.15, 0.2) is 174 Å². The Morgan fingerprint density at radius 1 is 0.388 bits per heavy atom. The highest BCUT2D eigenvalue weighted by molar-refractivity contribution is 6.32. The van der Waals surface area contributed by atoms with Crippen LogP contribution in [-0.4, -0.2) is 4.40 Å². The third-order valence-electron chi connectivity index (χ3n) is 10.3. The van der Waals surface area contributed by atoms with Crippen molar-refractivity contribution in [2.75, 3.05) is 4.90 Å². The van der Waals surface area contributed by atoms with Gasteiger partial charge in [0.05, 0.1) is 16.6 Å². The van der Waals surface area contributed by atoms with E-state index in [2.05, 4.69) is 179 Å². The number of nitrogens with zero attached hydrogens (tertiary/aromatic N) is 2. The summed E-state index contributed by atoms with van der Waals surface area (Å²) in [6.07, 6.45) is 0. The second-order valence-electron chi connectivity index (χ2n) is 12.9. The molecule has 0 radical (unpaired) electrons. The van der Waals surface area contributed by atoms with E-state index in [1.807, 2.05) is 0 Å². The lowest BCUT2D eigenvalue weighted by Crippen LogP contribution is -2.09. The molecule has 0 saturated heterocycles. The van der Waals surface area contributed by atoms with E-state index in [4.69, 9.17) is 4.42 Å². The number of anilines is 3. The van der Waals surface area contributed by atoms with E-state index in [1.54, 1.807) is 0 Å². The standard InChI is InChI=1S/C46H28N2O/c1-3-10-32(11-4-1)47(33-12-5-2-6-13-33)34-23-18-29(19-24-34)31-21-26-39-42(28-31)49-41-27-22-30-20-25-38-37-16-9-15-36-35-14-7-8-17-40(35)48(45(36)37)46(38)43(30)44(39)41/h1-28H. The van der Waals surface area contributed by atoms with Gasteiger partial charge in [-0.1, -0.05) is 109 Å². The Labute approximate surface area is 281 Å². The normalized spacial score (nSPS) is 12.1. The molecule has 0 unspecified atom stereocenters. The minimum atomic E-state index is 0.898. The highest BCUT2D eigenvalue weighted by Gasteiger charge is 2.21. The van der Waals surface area contributed by atoms with Crippen LogP contribution in [0.1, 0.15) is 0 Å². The van der Waals surface area contributed by atoms with Crippen molar-refractivity contribution in [2.24, 2.45) is 0 Å². The second-order valence-corrected chi connectivity index (χ2v) is 12.9. The maximum Gasteiger partial charge on any atom is 0.136 e. The highest BCUT2D eigenvalue weighted by atomic mass is 16.3. The molecular formula is C46H28N2O. The monoisotopic (exact) mass is 624 g/mol. The zero-order valence-electron chi connectivity index (χ0n) is 26.5. The first-order chi connectivity index (χ1) is 24.3. The first-order valence-corrected chi connectivity index (χ1v) is 16.8. The molecule has 3 heteroatoms. The quantitative estimate of drug-likeness (QED) is 0.194. The lowest BCUT2D eigenvalue weighted by Gasteiger charge is -2.25. The van der Waals surface area contributed by atoms with Crippen LogP contribution in [0.5, 0.6) is 0 Å². The molecule has 3 aromatic heterocycles. The summed E-state index contributed by atoms with van der Waals surface area (Å²) in [6, 6.07) is 60.9. The second kappa shape index (κ2) is 9.96. The summed E-state index contributed by atoms with van der Waals surface area (Å²) < 4.78 is 9.15. The smallest absolute Gasteiger partial charge is 0.136 e. The van der Waals surface area contributed by atoms with Gasteiger partial charge in [0.1, 0.15) is 11.2 Å². The number of para-hydroxylation sites is 4. The van der Waals surface area contributed by atoms with Crippen LogP contribution in [0.25, 0.3) is 81.9 Å². The minimum Gasteiger partial charge on any atom is -0.456 e. The number of aromatic nitrogens is 1. The first-order valence-electron chi connectivity index (χ1n) is 16.8. The SMILES string of the molecule is c1ccc(N(c2ccccc2)c2ccc(-c3ccc4c(c3)oc3ccc5ccc6c7cccc8c9ccccc9n(c87)c6c5c34)cc2)cc1. The van der Waals surface area contributed by atoms with Crippen molar-refractivity contribution in [1.82, 2.24) is 4.40 Å². The molecule has 0 amide bonds. The van der Waals surface area contributed by atoms with Crippen LogP contribution in [0.3, 0.4) is 0 Å². The van der Waals surface area contributed by atoms with Crippen LogP contribution in [0.2, 0.25) is 0 Å². The Balaban J connectivity index is 1.09. The van der Waals surface area contributed by atoms with Crippen molar-refractivity contribution in [2.45, 2.75) is 0 Å². The van der Waals surface area contributed by atoms with Gasteiger partial charge >= 0.3 is 0 Å². The molecule has 8 aromatic carbocycles. The van der Waals surface area contributed by atoms with Crippen molar-refractivity contribution in [3.8, 4) is 11.1 Å². The van der Waals surface area contributed by atoms with E-state index in [0.717, 1.165) is 44.7 Å². The molecular weight excluding hydrogens is 597 g/mol. The van der Waals surface area contributed by atoms with Crippen molar-refractivity contribution >= 4 is 87.9 Å². The molecule has 49 heavy (non-hydrogen) atoms. The van der Waals surface area contributed by atoms with Gasteiger partial charge in [-0.15, -0.1) is 0 Å². The Hall–Kier alpha value is -6.58. The third kappa shape index (κ3) is 3.73. The largest absolute Gasteiger partial charge is 0.456 e. The van der Waals surface area contributed by atoms with Crippen LogP contribution >= 0.6 is 0 Å². The average molecular weight is 625 g/mol. The van der Waals surface area contributed by atoms with Gasteiger partial charge in [0.2, 0.25) is 0 Å². The molecule has 3 nitrogen and oxygen atoms in total. The molecule has 0 fully saturated rings. The number of benzene rings is 8. The number of furan rings is 1. The predicted molar refractivity (Wildman–Crippen MR) is 206 cm³/mol. The fraction of sp³-hybridized carbons (Fsp3) is 0. The van der Waals surface area contributed by atoms with Gasteiger partial charge in [0.15, 0.2) is 0 Å². The van der Waals surface area contributed by atoms with Crippen LogP contribution in [-0.2, 0) is 0 Å². The van der Waals surface area contributed by atoms with E-state index in [-0.39, 0.29) is 0 Å². The summed E-state index contributed by atoms with van der Waals surface area (Å²) in [7, 11) is 0. The molecule has 0 atom stereocenters. The Morgan fingerprint density at radius 3 is 1.76 bits per heavy atom. The van der Waals surface area contributed by atoms with Gasteiger partial charge < -0.3 is 13.7 Å². The van der Waals surface area contributed by atoms with Crippen molar-refractivity contribution < 1.29 is 4.42 Å². The Bertz CT molecular complexity index is 2990. The molecule has 3 heterocycles. The molecule has 0 aliphatic rings. The van der Waals surface area contributed by atoms with Crippen molar-refractivity contribution in [3.05, 3.63) is 170 Å². The van der Waals surface area contributed by atoms with Crippen LogP contribution < -0.4 is 4.90 Å². The van der Waals surface area contributed by atoms with Crippen molar-refractivity contribution in [3.63, 3.8) is 0 Å². The maximum atomic E-state index is 6.66. The summed E-state index contributed by atoms with van der Waals surface area (Å²) in [6.45, 7) is 0. The van der Waals surface area contributed by atoms with E-state index < -0.39 is 0 Å². The lowest BCUT2D eigenvalue weighted by atomic mass is 9.98. The summed E-state index contributed by atoms with van der Waals surface area (Å²) in [5.74, 6) is 0. The van der Waals surface area contributed by atoms with E-state index in [9.17, 15) is 0 Å². The fourth-order valence-corrected chi connectivity index (χ4v) is 8.17. The molecule has 0 N–H and O–H groups in total. The van der Waals surface area contributed by atoms with Crippen LogP contribution in [0.4, 0.5) is 17.1 Å². The van der Waals surface area contributed by atoms with Gasteiger partial charge in [0.25, 0.3) is 0 Å². The highest BCUT2D eigenvalue weighted by Crippen LogP contribution is 2.45. The Kier molecular flexibility index (Phi) is 5.38. The fourth-order valence-electron chi connectivity index (χ4n) is 8.17. The van der Waals surface area contributed by atoms with Gasteiger partial charge in [-0.3, -0.25) is 0 Å². The molecule has 0 bridgehead atoms. The van der Waals surface area contributed by atoms with E-state index in [0.29, 0.717) is 0 Å². The van der Waals surface area contributed by atoms with Crippen LogP contribution in [0, 0.1) is 0 Å². The van der Waals surface area contributed by atoms with Gasteiger partial charge in [-0.2, -0.15) is 0 Å². The van der Waals surface area contributed by atoms with Gasteiger partial charge in [0, 0.05) is 54.8 Å². The number of hydrogen-bond acceptors (Lipinski definition) is 2. The van der Waals surface area contributed by atoms with Gasteiger partial charge in [-0.05, 0) is 77.2 Å². The summed E-state index contributed by atoms with van der Waals surface area (Å²) in [5.41, 5.74) is 11.2. The molecule has 0 spiro atoms. The predicted octanol–water partition coefficient (Wildman–Crippen LogP) is 13.0. The third-order valence-corrected chi connectivity index (χ3v) is 10.3. The number of hydrogen-bond donors (Lipinski definition) is 0. The zero-order valence-corrected chi connectivity index (χ0v) is 26.5. The molecule has 11 aromatic rings.